The van der Waals surface area contributed by atoms with Gasteiger partial charge in [-0.1, -0.05) is 18.2 Å². The van der Waals surface area contributed by atoms with Crippen molar-refractivity contribution >= 4 is 16.8 Å². The van der Waals surface area contributed by atoms with E-state index >= 15 is 0 Å². The van der Waals surface area contributed by atoms with Gasteiger partial charge in [0, 0.05) is 17.5 Å². The van der Waals surface area contributed by atoms with E-state index in [1.165, 1.54) is 0 Å². The topological polar surface area (TPSA) is 52.2 Å². The maximum atomic E-state index is 12.7. The summed E-state index contributed by atoms with van der Waals surface area (Å²) in [7, 11) is 0. The summed E-state index contributed by atoms with van der Waals surface area (Å²) in [6.45, 7) is 4.27. The Bertz CT molecular complexity index is 1080. The van der Waals surface area contributed by atoms with E-state index in [1.807, 2.05) is 60.9 Å². The normalized spacial score (nSPS) is 11.4. The molecule has 1 aromatic carbocycles. The van der Waals surface area contributed by atoms with Crippen molar-refractivity contribution in [2.75, 3.05) is 0 Å². The third kappa shape index (κ3) is 2.04. The van der Waals surface area contributed by atoms with Crippen molar-refractivity contribution in [2.45, 2.75) is 20.4 Å². The van der Waals surface area contributed by atoms with E-state index in [0.29, 0.717) is 17.9 Å². The van der Waals surface area contributed by atoms with Crippen LogP contribution in [0.2, 0.25) is 0 Å². The first-order valence-corrected chi connectivity index (χ1v) is 7.54. The number of hydrogen-bond acceptors (Lipinski definition) is 3. The number of aryl methyl sites for hydroxylation is 1. The first-order chi connectivity index (χ1) is 11.2. The van der Waals surface area contributed by atoms with E-state index in [9.17, 15) is 4.79 Å². The van der Waals surface area contributed by atoms with Gasteiger partial charge in [0.25, 0.3) is 5.56 Å². The Balaban J connectivity index is 2.11. The van der Waals surface area contributed by atoms with Gasteiger partial charge in [0.1, 0.15) is 0 Å². The van der Waals surface area contributed by atoms with Crippen LogP contribution in [0.1, 0.15) is 17.0 Å². The minimum absolute atomic E-state index is 0.0107. The second-order valence-corrected chi connectivity index (χ2v) is 5.66. The minimum Gasteiger partial charge on any atom is -0.303 e. The van der Waals surface area contributed by atoms with E-state index in [-0.39, 0.29) is 5.56 Å². The van der Waals surface area contributed by atoms with Crippen molar-refractivity contribution in [3.8, 4) is 0 Å². The number of fused-ring (bicyclic) bond motifs is 3. The van der Waals surface area contributed by atoms with Crippen LogP contribution in [0, 0.1) is 13.8 Å². The predicted octanol–water partition coefficient (Wildman–Crippen LogP) is 2.71. The number of para-hydroxylation sites is 2. The Morgan fingerprint density at radius 2 is 1.74 bits per heavy atom. The average Bonchev–Trinajstić information content (AvgIpc) is 2.88. The fourth-order valence-electron chi connectivity index (χ4n) is 2.89. The molecule has 0 atom stereocenters. The summed E-state index contributed by atoms with van der Waals surface area (Å²) in [5.41, 5.74) is 4.22. The molecule has 0 unspecified atom stereocenters. The van der Waals surface area contributed by atoms with Crippen molar-refractivity contribution in [3.63, 3.8) is 0 Å². The van der Waals surface area contributed by atoms with Gasteiger partial charge in [-0.15, -0.1) is 0 Å². The SMILES string of the molecule is Cc1nc2n(Cc3ccccn3)c3ccccc3n2c(=O)c1C. The molecule has 114 valence electrons. The van der Waals surface area contributed by atoms with Crippen LogP contribution in [0.25, 0.3) is 16.8 Å². The van der Waals surface area contributed by atoms with E-state index in [1.54, 1.807) is 10.6 Å². The van der Waals surface area contributed by atoms with Crippen LogP contribution in [0.4, 0.5) is 0 Å². The second-order valence-electron chi connectivity index (χ2n) is 5.66. The van der Waals surface area contributed by atoms with Crippen LogP contribution in [-0.2, 0) is 6.54 Å². The highest BCUT2D eigenvalue weighted by Gasteiger charge is 2.16. The molecule has 0 aliphatic rings. The molecule has 3 aromatic heterocycles. The van der Waals surface area contributed by atoms with Crippen molar-refractivity contribution < 1.29 is 0 Å². The van der Waals surface area contributed by atoms with Gasteiger partial charge in [0.2, 0.25) is 5.78 Å². The first kappa shape index (κ1) is 13.7. The smallest absolute Gasteiger partial charge is 0.262 e. The fourth-order valence-corrected chi connectivity index (χ4v) is 2.89. The summed E-state index contributed by atoms with van der Waals surface area (Å²) < 4.78 is 3.74. The highest BCUT2D eigenvalue weighted by Crippen LogP contribution is 2.20. The standard InChI is InChI=1S/C18H16N4O/c1-12-13(2)20-18-21(11-14-7-5-6-10-19-14)15-8-3-4-9-16(15)22(18)17(12)23/h3-10H,11H2,1-2H3. The van der Waals surface area contributed by atoms with Crippen LogP contribution in [0.5, 0.6) is 0 Å². The van der Waals surface area contributed by atoms with Gasteiger partial charge in [-0.3, -0.25) is 9.78 Å². The molecule has 0 spiro atoms. The molecule has 5 heteroatoms. The summed E-state index contributed by atoms with van der Waals surface area (Å²) in [6, 6.07) is 13.7. The highest BCUT2D eigenvalue weighted by molar-refractivity contribution is 5.80. The average molecular weight is 304 g/mol. The Hall–Kier alpha value is -2.95. The number of aromatic nitrogens is 4. The number of hydrogen-bond donors (Lipinski definition) is 0. The maximum absolute atomic E-state index is 12.7. The lowest BCUT2D eigenvalue weighted by Gasteiger charge is -2.06. The van der Waals surface area contributed by atoms with Crippen LogP contribution in [0.3, 0.4) is 0 Å². The lowest BCUT2D eigenvalue weighted by Crippen LogP contribution is -2.19. The zero-order valence-electron chi connectivity index (χ0n) is 13.0. The molecule has 0 aliphatic heterocycles. The zero-order valence-corrected chi connectivity index (χ0v) is 13.0. The minimum atomic E-state index is -0.0107. The lowest BCUT2D eigenvalue weighted by atomic mass is 10.2. The molecule has 0 amide bonds. The third-order valence-corrected chi connectivity index (χ3v) is 4.24. The molecule has 0 fully saturated rings. The van der Waals surface area contributed by atoms with Gasteiger partial charge < -0.3 is 4.57 Å². The van der Waals surface area contributed by atoms with Gasteiger partial charge in [-0.25, -0.2) is 9.38 Å². The molecule has 4 aromatic rings. The van der Waals surface area contributed by atoms with Crippen LogP contribution < -0.4 is 5.56 Å². The highest BCUT2D eigenvalue weighted by atomic mass is 16.1. The molecule has 0 radical (unpaired) electrons. The molecule has 0 aliphatic carbocycles. The van der Waals surface area contributed by atoms with Gasteiger partial charge in [0.05, 0.1) is 23.3 Å². The quantitative estimate of drug-likeness (QED) is 0.572. The third-order valence-electron chi connectivity index (χ3n) is 4.24. The Labute approximate surface area is 132 Å². The van der Waals surface area contributed by atoms with Crippen molar-refractivity contribution in [1.29, 1.82) is 0 Å². The Kier molecular flexibility index (Phi) is 3.01. The molecule has 5 nitrogen and oxygen atoms in total. The summed E-state index contributed by atoms with van der Waals surface area (Å²) >= 11 is 0. The fraction of sp³-hybridized carbons (Fsp3) is 0.167. The van der Waals surface area contributed by atoms with Crippen molar-refractivity contribution in [3.05, 3.63) is 76.0 Å². The summed E-state index contributed by atoms with van der Waals surface area (Å²) in [5, 5.41) is 0. The zero-order chi connectivity index (χ0) is 16.0. The van der Waals surface area contributed by atoms with Gasteiger partial charge in [-0.05, 0) is 38.1 Å². The summed E-state index contributed by atoms with van der Waals surface area (Å²) in [5.74, 6) is 0.657. The van der Waals surface area contributed by atoms with Gasteiger partial charge in [-0.2, -0.15) is 0 Å². The number of rotatable bonds is 2. The molecule has 0 bridgehead atoms. The molecule has 23 heavy (non-hydrogen) atoms. The number of benzene rings is 1. The molecular formula is C18H16N4O. The maximum Gasteiger partial charge on any atom is 0.262 e. The van der Waals surface area contributed by atoms with Crippen molar-refractivity contribution in [2.24, 2.45) is 0 Å². The van der Waals surface area contributed by atoms with Crippen LogP contribution >= 0.6 is 0 Å². The summed E-state index contributed by atoms with van der Waals surface area (Å²) in [4.78, 5) is 21.8. The second kappa shape index (κ2) is 5.05. The van der Waals surface area contributed by atoms with Crippen LogP contribution in [-0.4, -0.2) is 18.9 Å². The Morgan fingerprint density at radius 1 is 1.00 bits per heavy atom. The Morgan fingerprint density at radius 3 is 2.48 bits per heavy atom. The van der Waals surface area contributed by atoms with E-state index in [4.69, 9.17) is 0 Å². The summed E-state index contributed by atoms with van der Waals surface area (Å²) in [6.07, 6.45) is 1.78. The van der Waals surface area contributed by atoms with Crippen LogP contribution in [0.15, 0.2) is 53.5 Å². The van der Waals surface area contributed by atoms with Gasteiger partial charge >= 0.3 is 0 Å². The molecule has 0 saturated heterocycles. The molecule has 4 rings (SSSR count). The van der Waals surface area contributed by atoms with Gasteiger partial charge in [0.15, 0.2) is 0 Å². The number of pyridine rings is 1. The van der Waals surface area contributed by atoms with Crippen molar-refractivity contribution in [1.82, 2.24) is 18.9 Å². The predicted molar refractivity (Wildman–Crippen MR) is 89.8 cm³/mol. The molecule has 3 heterocycles. The monoisotopic (exact) mass is 304 g/mol. The lowest BCUT2D eigenvalue weighted by molar-refractivity contribution is 0.801. The van der Waals surface area contributed by atoms with E-state index < -0.39 is 0 Å². The number of nitrogens with zero attached hydrogens (tertiary/aromatic N) is 4. The van der Waals surface area contributed by atoms with E-state index in [2.05, 4.69) is 9.97 Å². The molecule has 0 saturated carbocycles. The first-order valence-electron chi connectivity index (χ1n) is 7.54. The largest absolute Gasteiger partial charge is 0.303 e. The van der Waals surface area contributed by atoms with E-state index in [0.717, 1.165) is 22.4 Å². The number of imidazole rings is 1. The molecule has 0 N–H and O–H groups in total. The molecular weight excluding hydrogens is 288 g/mol.